The Morgan fingerprint density at radius 1 is 1.79 bits per heavy atom. The van der Waals surface area contributed by atoms with Crippen LogP contribution in [0.1, 0.15) is 12.2 Å². The zero-order valence-corrected chi connectivity index (χ0v) is 8.05. The molecule has 1 amide bonds. The van der Waals surface area contributed by atoms with Crippen LogP contribution in [0.4, 0.5) is 14.5 Å². The number of anilines is 1. The minimum Gasteiger partial charge on any atom is -0.322 e. The average molecular weight is 224 g/mol. The topological polar surface area (TPSA) is 46.9 Å². The molecule has 1 N–H and O–H groups in total. The summed E-state index contributed by atoms with van der Waals surface area (Å²) in [5.74, 6) is -0.678. The maximum Gasteiger partial charge on any atom is 0.333 e. The summed E-state index contributed by atoms with van der Waals surface area (Å²) in [6, 6.07) is 0. The van der Waals surface area contributed by atoms with Crippen molar-refractivity contribution in [2.24, 2.45) is 0 Å². The van der Waals surface area contributed by atoms with Crippen molar-refractivity contribution in [2.75, 3.05) is 11.2 Å². The van der Waals surface area contributed by atoms with Crippen molar-refractivity contribution in [3.8, 4) is 0 Å². The first-order chi connectivity index (χ1) is 6.56. The molecule has 1 aromatic rings. The summed E-state index contributed by atoms with van der Waals surface area (Å²) in [5.41, 5.74) is 0.439. The van der Waals surface area contributed by atoms with Crippen molar-refractivity contribution in [3.63, 3.8) is 0 Å². The summed E-state index contributed by atoms with van der Waals surface area (Å²) in [6.07, 6.45) is 1.16. The molecule has 1 rings (SSSR count). The van der Waals surface area contributed by atoms with E-state index in [1.165, 1.54) is 6.92 Å². The lowest BCUT2D eigenvalue weighted by Gasteiger charge is -2.03. The molecule has 14 heavy (non-hydrogen) atoms. The molecule has 0 atom stereocenters. The maximum atomic E-state index is 12.2. The van der Waals surface area contributed by atoms with Crippen LogP contribution >= 0.6 is 11.6 Å². The highest BCUT2D eigenvalue weighted by Crippen LogP contribution is 2.19. The Hall–Kier alpha value is -1.17. The molecular weight excluding hydrogens is 216 g/mol. The number of aromatic nitrogens is 2. The van der Waals surface area contributed by atoms with Crippen LogP contribution in [0, 0.1) is 6.92 Å². The van der Waals surface area contributed by atoms with Crippen LogP contribution in [-0.2, 0) is 4.79 Å². The van der Waals surface area contributed by atoms with E-state index in [-0.39, 0.29) is 17.3 Å². The minimum atomic E-state index is -2.71. The summed E-state index contributed by atoms with van der Waals surface area (Å²) >= 11 is 5.24. The Morgan fingerprint density at radius 2 is 2.43 bits per heavy atom. The van der Waals surface area contributed by atoms with Gasteiger partial charge >= 0.3 is 6.55 Å². The summed E-state index contributed by atoms with van der Waals surface area (Å²) in [5, 5.41) is 5.76. The van der Waals surface area contributed by atoms with E-state index >= 15 is 0 Å². The largest absolute Gasteiger partial charge is 0.333 e. The third-order valence-electron chi connectivity index (χ3n) is 1.63. The van der Waals surface area contributed by atoms with Gasteiger partial charge in [-0.25, -0.2) is 4.68 Å². The molecule has 78 valence electrons. The molecule has 0 aliphatic heterocycles. The van der Waals surface area contributed by atoms with E-state index in [1.54, 1.807) is 0 Å². The highest BCUT2D eigenvalue weighted by Gasteiger charge is 2.14. The predicted molar refractivity (Wildman–Crippen MR) is 47.6 cm³/mol. The molecule has 1 aromatic heterocycles. The molecule has 0 aromatic carbocycles. The lowest BCUT2D eigenvalue weighted by Crippen LogP contribution is -2.13. The molecule has 0 aliphatic carbocycles. The van der Waals surface area contributed by atoms with Crippen LogP contribution in [0.25, 0.3) is 0 Å². The van der Waals surface area contributed by atoms with Crippen LogP contribution in [0.2, 0.25) is 0 Å². The van der Waals surface area contributed by atoms with E-state index in [1.807, 2.05) is 0 Å². The zero-order chi connectivity index (χ0) is 10.7. The molecule has 0 saturated heterocycles. The third-order valence-corrected chi connectivity index (χ3v) is 1.87. The molecule has 4 nitrogen and oxygen atoms in total. The van der Waals surface area contributed by atoms with Gasteiger partial charge in [-0.3, -0.25) is 4.79 Å². The lowest BCUT2D eigenvalue weighted by molar-refractivity contribution is -0.113. The molecule has 0 fully saturated rings. The van der Waals surface area contributed by atoms with Crippen molar-refractivity contribution in [2.45, 2.75) is 13.5 Å². The average Bonchev–Trinajstić information content (AvgIpc) is 2.48. The normalized spacial score (nSPS) is 10.6. The number of nitrogens with one attached hydrogen (secondary N) is 1. The standard InChI is InChI=1S/C7H8ClF2N3O/c1-4-5(12-6(14)2-8)3-11-13(4)7(9)10/h3,7H,2H2,1H3,(H,12,14). The Morgan fingerprint density at radius 3 is 2.86 bits per heavy atom. The van der Waals surface area contributed by atoms with Crippen LogP contribution < -0.4 is 5.32 Å². The van der Waals surface area contributed by atoms with E-state index < -0.39 is 12.5 Å². The van der Waals surface area contributed by atoms with E-state index in [0.29, 0.717) is 4.68 Å². The van der Waals surface area contributed by atoms with Gasteiger partial charge in [0.05, 0.1) is 17.6 Å². The SMILES string of the molecule is Cc1c(NC(=O)CCl)cnn1C(F)F. The van der Waals surface area contributed by atoms with Crippen LogP contribution in [-0.4, -0.2) is 21.6 Å². The summed E-state index contributed by atoms with van der Waals surface area (Å²) in [6.45, 7) is -1.28. The first kappa shape index (κ1) is 10.9. The monoisotopic (exact) mass is 223 g/mol. The molecule has 0 aliphatic rings. The van der Waals surface area contributed by atoms with Crippen molar-refractivity contribution in [1.82, 2.24) is 9.78 Å². The first-order valence-corrected chi connectivity index (χ1v) is 4.27. The van der Waals surface area contributed by atoms with Gasteiger partial charge in [-0.15, -0.1) is 11.6 Å². The number of amides is 1. The maximum absolute atomic E-state index is 12.2. The molecule has 0 unspecified atom stereocenters. The second kappa shape index (κ2) is 4.36. The Labute approximate surface area is 83.8 Å². The number of rotatable bonds is 3. The van der Waals surface area contributed by atoms with Gasteiger partial charge in [0.25, 0.3) is 0 Å². The van der Waals surface area contributed by atoms with Crippen LogP contribution in [0.3, 0.4) is 0 Å². The number of carbonyl (C=O) groups is 1. The molecular formula is C7H8ClF2N3O. The van der Waals surface area contributed by atoms with Crippen LogP contribution in [0.15, 0.2) is 6.20 Å². The first-order valence-electron chi connectivity index (χ1n) is 3.74. The highest BCUT2D eigenvalue weighted by atomic mass is 35.5. The molecule has 0 radical (unpaired) electrons. The van der Waals surface area contributed by atoms with Gasteiger partial charge in [-0.1, -0.05) is 0 Å². The number of halogens is 3. The zero-order valence-electron chi connectivity index (χ0n) is 7.30. The fraction of sp³-hybridized carbons (Fsp3) is 0.429. The number of hydrogen-bond acceptors (Lipinski definition) is 2. The van der Waals surface area contributed by atoms with Gasteiger partial charge in [0.1, 0.15) is 5.88 Å². The predicted octanol–water partition coefficient (Wildman–Crippen LogP) is 1.76. The smallest absolute Gasteiger partial charge is 0.322 e. The summed E-state index contributed by atoms with van der Waals surface area (Å²) in [7, 11) is 0. The molecule has 0 spiro atoms. The van der Waals surface area contributed by atoms with Gasteiger partial charge in [0, 0.05) is 0 Å². The quantitative estimate of drug-likeness (QED) is 0.794. The number of carbonyl (C=O) groups excluding carboxylic acids is 1. The molecule has 7 heteroatoms. The molecule has 1 heterocycles. The van der Waals surface area contributed by atoms with E-state index in [4.69, 9.17) is 11.6 Å². The second-order valence-electron chi connectivity index (χ2n) is 2.55. The van der Waals surface area contributed by atoms with E-state index in [2.05, 4.69) is 10.4 Å². The van der Waals surface area contributed by atoms with Gasteiger partial charge in [0.2, 0.25) is 5.91 Å². The highest BCUT2D eigenvalue weighted by molar-refractivity contribution is 6.29. The molecule has 0 saturated carbocycles. The summed E-state index contributed by atoms with van der Waals surface area (Å²) < 4.78 is 25.0. The number of hydrogen-bond donors (Lipinski definition) is 1. The third kappa shape index (κ3) is 2.20. The van der Waals surface area contributed by atoms with Crippen molar-refractivity contribution >= 4 is 23.2 Å². The van der Waals surface area contributed by atoms with Crippen molar-refractivity contribution in [1.29, 1.82) is 0 Å². The van der Waals surface area contributed by atoms with Gasteiger partial charge in [0.15, 0.2) is 0 Å². The van der Waals surface area contributed by atoms with Gasteiger partial charge in [-0.05, 0) is 6.92 Å². The Kier molecular flexibility index (Phi) is 3.40. The minimum absolute atomic E-state index is 0.193. The van der Waals surface area contributed by atoms with E-state index in [9.17, 15) is 13.6 Å². The van der Waals surface area contributed by atoms with Gasteiger partial charge < -0.3 is 5.32 Å². The van der Waals surface area contributed by atoms with Crippen molar-refractivity contribution in [3.05, 3.63) is 11.9 Å². The van der Waals surface area contributed by atoms with Gasteiger partial charge in [-0.2, -0.15) is 13.9 Å². The number of nitrogens with zero attached hydrogens (tertiary/aromatic N) is 2. The summed E-state index contributed by atoms with van der Waals surface area (Å²) in [4.78, 5) is 10.8. The second-order valence-corrected chi connectivity index (χ2v) is 2.81. The lowest BCUT2D eigenvalue weighted by atomic mass is 10.4. The van der Waals surface area contributed by atoms with E-state index in [0.717, 1.165) is 6.20 Å². The van der Waals surface area contributed by atoms with Crippen molar-refractivity contribution < 1.29 is 13.6 Å². The van der Waals surface area contributed by atoms with Crippen LogP contribution in [0.5, 0.6) is 0 Å². The Balaban J connectivity index is 2.84. The fourth-order valence-corrected chi connectivity index (χ4v) is 0.993. The molecule has 0 bridgehead atoms. The number of alkyl halides is 3. The fourth-order valence-electron chi connectivity index (χ4n) is 0.926. The Bertz CT molecular complexity index is 340.